The van der Waals surface area contributed by atoms with Gasteiger partial charge in [-0.3, -0.25) is 4.79 Å². The maximum absolute atomic E-state index is 12.4. The molecule has 1 aromatic rings. The zero-order chi connectivity index (χ0) is 15.6. The second-order valence-corrected chi connectivity index (χ2v) is 6.61. The standard InChI is InChI=1S/C16H23ClN2O2/c1-5-6-11-7-10(8-14(17)18-11)15(20)19-12-9-13(21-4)16(12,2)3/h7-8,12-13H,5-6,9H2,1-4H3,(H,19,20). The molecule has 116 valence electrons. The molecule has 0 saturated heterocycles. The number of aromatic nitrogens is 1. The number of hydrogen-bond donors (Lipinski definition) is 1. The van der Waals surface area contributed by atoms with Crippen LogP contribution in [0.4, 0.5) is 0 Å². The predicted octanol–water partition coefficient (Wildman–Crippen LogP) is 3.23. The van der Waals surface area contributed by atoms with Crippen molar-refractivity contribution in [3.8, 4) is 0 Å². The molecule has 4 nitrogen and oxygen atoms in total. The number of carbonyl (C=O) groups excluding carboxylic acids is 1. The van der Waals surface area contributed by atoms with Crippen molar-refractivity contribution in [1.29, 1.82) is 0 Å². The maximum atomic E-state index is 12.4. The van der Waals surface area contributed by atoms with E-state index in [1.54, 1.807) is 13.2 Å². The molecule has 2 unspecified atom stereocenters. The molecule has 1 fully saturated rings. The highest BCUT2D eigenvalue weighted by atomic mass is 35.5. The van der Waals surface area contributed by atoms with E-state index in [0.29, 0.717) is 10.7 Å². The number of nitrogens with one attached hydrogen (secondary N) is 1. The van der Waals surface area contributed by atoms with Crippen molar-refractivity contribution >= 4 is 17.5 Å². The number of rotatable bonds is 5. The van der Waals surface area contributed by atoms with E-state index in [9.17, 15) is 4.79 Å². The smallest absolute Gasteiger partial charge is 0.251 e. The van der Waals surface area contributed by atoms with E-state index in [1.165, 1.54) is 0 Å². The average Bonchev–Trinajstić information content (AvgIpc) is 2.42. The molecule has 1 heterocycles. The van der Waals surface area contributed by atoms with Crippen molar-refractivity contribution in [3.63, 3.8) is 0 Å². The molecule has 1 N–H and O–H groups in total. The number of hydrogen-bond acceptors (Lipinski definition) is 3. The first-order chi connectivity index (χ1) is 9.88. The van der Waals surface area contributed by atoms with Gasteiger partial charge >= 0.3 is 0 Å². The first kappa shape index (κ1) is 16.2. The molecule has 0 bridgehead atoms. The summed E-state index contributed by atoms with van der Waals surface area (Å²) in [4.78, 5) is 16.6. The Hall–Kier alpha value is -1.13. The van der Waals surface area contributed by atoms with Gasteiger partial charge in [0.15, 0.2) is 0 Å². The summed E-state index contributed by atoms with van der Waals surface area (Å²) in [7, 11) is 1.71. The predicted molar refractivity (Wildman–Crippen MR) is 83.7 cm³/mol. The van der Waals surface area contributed by atoms with Gasteiger partial charge in [0.1, 0.15) is 5.15 Å². The van der Waals surface area contributed by atoms with Crippen LogP contribution in [0.3, 0.4) is 0 Å². The number of carbonyl (C=O) groups is 1. The lowest BCUT2D eigenvalue weighted by atomic mass is 9.64. The summed E-state index contributed by atoms with van der Waals surface area (Å²) in [6.07, 6.45) is 2.83. The summed E-state index contributed by atoms with van der Waals surface area (Å²) in [5.41, 5.74) is 1.39. The quantitative estimate of drug-likeness (QED) is 0.850. The summed E-state index contributed by atoms with van der Waals surface area (Å²) in [5.74, 6) is -0.0933. The summed E-state index contributed by atoms with van der Waals surface area (Å²) < 4.78 is 5.41. The minimum absolute atomic E-state index is 0.0481. The fourth-order valence-corrected chi connectivity index (χ4v) is 3.06. The molecule has 1 saturated carbocycles. The fourth-order valence-electron chi connectivity index (χ4n) is 2.84. The third-order valence-corrected chi connectivity index (χ3v) is 4.58. The third-order valence-electron chi connectivity index (χ3n) is 4.38. The van der Waals surface area contributed by atoms with Gasteiger partial charge in [-0.25, -0.2) is 4.98 Å². The molecule has 0 spiro atoms. The van der Waals surface area contributed by atoms with Gasteiger partial charge in [-0.05, 0) is 25.0 Å². The van der Waals surface area contributed by atoms with E-state index >= 15 is 0 Å². The highest BCUT2D eigenvalue weighted by Gasteiger charge is 2.49. The molecule has 1 amide bonds. The van der Waals surface area contributed by atoms with Gasteiger partial charge in [-0.1, -0.05) is 38.8 Å². The number of methoxy groups -OCH3 is 1. The van der Waals surface area contributed by atoms with Crippen LogP contribution < -0.4 is 5.32 Å². The summed E-state index contributed by atoms with van der Waals surface area (Å²) >= 11 is 6.00. The number of nitrogens with zero attached hydrogens (tertiary/aromatic N) is 1. The fraction of sp³-hybridized carbons (Fsp3) is 0.625. The molecular formula is C16H23ClN2O2. The maximum Gasteiger partial charge on any atom is 0.251 e. The Bertz CT molecular complexity index is 531. The zero-order valence-electron chi connectivity index (χ0n) is 13.1. The number of halogens is 1. The van der Waals surface area contributed by atoms with E-state index in [1.807, 2.05) is 6.07 Å². The van der Waals surface area contributed by atoms with Crippen molar-refractivity contribution < 1.29 is 9.53 Å². The van der Waals surface area contributed by atoms with Crippen LogP contribution in [0.5, 0.6) is 0 Å². The molecule has 2 atom stereocenters. The van der Waals surface area contributed by atoms with Crippen LogP contribution in [-0.4, -0.2) is 30.1 Å². The SMILES string of the molecule is CCCc1cc(C(=O)NC2CC(OC)C2(C)C)cc(Cl)n1. The highest BCUT2D eigenvalue weighted by molar-refractivity contribution is 6.29. The first-order valence-corrected chi connectivity index (χ1v) is 7.76. The Morgan fingerprint density at radius 2 is 2.24 bits per heavy atom. The summed E-state index contributed by atoms with van der Waals surface area (Å²) in [5, 5.41) is 3.45. The third kappa shape index (κ3) is 3.38. The Labute approximate surface area is 131 Å². The van der Waals surface area contributed by atoms with E-state index in [0.717, 1.165) is 25.0 Å². The molecular weight excluding hydrogens is 288 g/mol. The lowest BCUT2D eigenvalue weighted by molar-refractivity contribution is -0.0942. The van der Waals surface area contributed by atoms with Crippen molar-refractivity contribution in [3.05, 3.63) is 28.5 Å². The minimum atomic E-state index is -0.0933. The molecule has 5 heteroatoms. The zero-order valence-corrected chi connectivity index (χ0v) is 13.8. The van der Waals surface area contributed by atoms with Gasteiger partial charge < -0.3 is 10.1 Å². The van der Waals surface area contributed by atoms with Gasteiger partial charge in [-0.2, -0.15) is 0 Å². The number of amides is 1. The molecule has 21 heavy (non-hydrogen) atoms. The topological polar surface area (TPSA) is 51.2 Å². The lowest BCUT2D eigenvalue weighted by Gasteiger charge is -2.51. The monoisotopic (exact) mass is 310 g/mol. The average molecular weight is 311 g/mol. The molecule has 2 rings (SSSR count). The Kier molecular flexibility index (Phi) is 4.89. The van der Waals surface area contributed by atoms with E-state index in [-0.39, 0.29) is 23.5 Å². The van der Waals surface area contributed by atoms with E-state index < -0.39 is 0 Å². The molecule has 0 aromatic carbocycles. The largest absolute Gasteiger partial charge is 0.381 e. The molecule has 0 radical (unpaired) electrons. The minimum Gasteiger partial charge on any atom is -0.381 e. The van der Waals surface area contributed by atoms with Crippen molar-refractivity contribution in [2.24, 2.45) is 5.41 Å². The lowest BCUT2D eigenvalue weighted by Crippen LogP contribution is -2.61. The van der Waals surface area contributed by atoms with Crippen LogP contribution in [0.1, 0.15) is 49.7 Å². The van der Waals surface area contributed by atoms with Crippen molar-refractivity contribution in [2.45, 2.75) is 52.2 Å². The summed E-state index contributed by atoms with van der Waals surface area (Å²) in [6.45, 7) is 6.29. The van der Waals surface area contributed by atoms with Crippen LogP contribution in [-0.2, 0) is 11.2 Å². The van der Waals surface area contributed by atoms with E-state index in [2.05, 4.69) is 31.1 Å². The van der Waals surface area contributed by atoms with Crippen LogP contribution >= 0.6 is 11.6 Å². The normalized spacial score (nSPS) is 23.5. The van der Waals surface area contributed by atoms with Crippen LogP contribution in [0.25, 0.3) is 0 Å². The number of aryl methyl sites for hydroxylation is 1. The second-order valence-electron chi connectivity index (χ2n) is 6.23. The first-order valence-electron chi connectivity index (χ1n) is 7.38. The van der Waals surface area contributed by atoms with Crippen molar-refractivity contribution in [2.75, 3.05) is 7.11 Å². The Morgan fingerprint density at radius 3 is 2.81 bits per heavy atom. The Balaban J connectivity index is 2.08. The van der Waals surface area contributed by atoms with Crippen LogP contribution in [0.15, 0.2) is 12.1 Å². The van der Waals surface area contributed by atoms with E-state index in [4.69, 9.17) is 16.3 Å². The van der Waals surface area contributed by atoms with Gasteiger partial charge in [0.25, 0.3) is 5.91 Å². The molecule has 0 aliphatic heterocycles. The highest BCUT2D eigenvalue weighted by Crippen LogP contribution is 2.42. The second kappa shape index (κ2) is 6.32. The number of pyridine rings is 1. The molecule has 1 aliphatic carbocycles. The van der Waals surface area contributed by atoms with Crippen LogP contribution in [0, 0.1) is 5.41 Å². The number of ether oxygens (including phenoxy) is 1. The van der Waals surface area contributed by atoms with Crippen LogP contribution in [0.2, 0.25) is 5.15 Å². The van der Waals surface area contributed by atoms with Gasteiger partial charge in [0, 0.05) is 29.8 Å². The van der Waals surface area contributed by atoms with Gasteiger partial charge in [0.2, 0.25) is 0 Å². The molecule has 1 aromatic heterocycles. The summed E-state index contributed by atoms with van der Waals surface area (Å²) in [6, 6.07) is 3.57. The van der Waals surface area contributed by atoms with Gasteiger partial charge in [-0.15, -0.1) is 0 Å². The van der Waals surface area contributed by atoms with Crippen molar-refractivity contribution in [1.82, 2.24) is 10.3 Å². The van der Waals surface area contributed by atoms with Gasteiger partial charge in [0.05, 0.1) is 6.10 Å². The molecule has 1 aliphatic rings. The Morgan fingerprint density at radius 1 is 1.52 bits per heavy atom.